The molecule has 0 amide bonds. The zero-order chi connectivity index (χ0) is 13.5. The van der Waals surface area contributed by atoms with Crippen molar-refractivity contribution in [1.29, 1.82) is 0 Å². The first-order valence-corrected chi connectivity index (χ1v) is 6.06. The number of nitrogens with one attached hydrogen (secondary N) is 1. The summed E-state index contributed by atoms with van der Waals surface area (Å²) in [6.07, 6.45) is 1.95. The number of aromatic nitrogens is 2. The molecule has 0 bridgehead atoms. The highest BCUT2D eigenvalue weighted by Crippen LogP contribution is 2.15. The monoisotopic (exact) mass is 275 g/mol. The Hall–Kier alpha value is -1.11. The summed E-state index contributed by atoms with van der Waals surface area (Å²) in [7, 11) is 3.07. The number of ether oxygens (including phenoxy) is 2. The van der Waals surface area contributed by atoms with Crippen LogP contribution in [-0.2, 0) is 16.0 Å². The number of rotatable bonds is 7. The minimum Gasteiger partial charge on any atom is -0.377 e. The first kappa shape index (κ1) is 14.9. The van der Waals surface area contributed by atoms with Gasteiger partial charge in [0.05, 0.1) is 18.4 Å². The van der Waals surface area contributed by atoms with E-state index in [0.29, 0.717) is 18.8 Å². The molecule has 1 aromatic rings. The van der Waals surface area contributed by atoms with E-state index in [1.807, 2.05) is 6.92 Å². The minimum absolute atomic E-state index is 0.129. The van der Waals surface area contributed by atoms with Gasteiger partial charge in [-0.05, 0) is 6.42 Å². The van der Waals surface area contributed by atoms with Crippen molar-refractivity contribution in [2.24, 2.45) is 0 Å². The maximum Gasteiger partial charge on any atom is 0.287 e. The number of anilines is 1. The lowest BCUT2D eigenvalue weighted by atomic mass is 10.4. The molecule has 18 heavy (non-hydrogen) atoms. The normalized spacial score (nSPS) is 10.9. The smallest absolute Gasteiger partial charge is 0.287 e. The number of hydrogen-bond acceptors (Lipinski definition) is 5. The highest BCUT2D eigenvalue weighted by molar-refractivity contribution is 6.32. The molecular formula is C11H18ClN3O3. The van der Waals surface area contributed by atoms with Crippen LogP contribution in [0.5, 0.6) is 0 Å². The molecule has 1 N–H and O–H groups in total. The van der Waals surface area contributed by atoms with E-state index in [-0.39, 0.29) is 10.6 Å². The first-order valence-electron chi connectivity index (χ1n) is 5.69. The van der Waals surface area contributed by atoms with E-state index in [1.165, 1.54) is 25.1 Å². The summed E-state index contributed by atoms with van der Waals surface area (Å²) in [5.74, 6) is 0. The summed E-state index contributed by atoms with van der Waals surface area (Å²) >= 11 is 5.99. The molecule has 0 saturated carbocycles. The second-order valence-electron chi connectivity index (χ2n) is 3.68. The van der Waals surface area contributed by atoms with Crippen LogP contribution in [0.2, 0.25) is 5.02 Å². The molecule has 0 atom stereocenters. The third kappa shape index (κ3) is 3.69. The molecule has 102 valence electrons. The van der Waals surface area contributed by atoms with E-state index in [9.17, 15) is 4.79 Å². The predicted octanol–water partition coefficient (Wildman–Crippen LogP) is 1.34. The summed E-state index contributed by atoms with van der Waals surface area (Å²) in [4.78, 5) is 11.8. The van der Waals surface area contributed by atoms with E-state index in [0.717, 1.165) is 6.42 Å². The van der Waals surface area contributed by atoms with Crippen LogP contribution in [0.1, 0.15) is 13.3 Å². The van der Waals surface area contributed by atoms with Crippen molar-refractivity contribution < 1.29 is 9.47 Å². The standard InChI is InChI=1S/C11H18ClN3O3/c1-4-5-15-11(16)10(12)8(6-14-15)13-7-9(17-2)18-3/h6,9,13H,4-5,7H2,1-3H3. The Kier molecular flexibility index (Phi) is 6.11. The van der Waals surface area contributed by atoms with Crippen LogP contribution in [-0.4, -0.2) is 36.8 Å². The van der Waals surface area contributed by atoms with Gasteiger partial charge in [0.25, 0.3) is 5.56 Å². The van der Waals surface area contributed by atoms with Crippen LogP contribution in [0.15, 0.2) is 11.0 Å². The Bertz CT molecular complexity index is 432. The molecule has 1 rings (SSSR count). The Balaban J connectivity index is 2.79. The van der Waals surface area contributed by atoms with Gasteiger partial charge in [-0.3, -0.25) is 4.79 Å². The van der Waals surface area contributed by atoms with E-state index in [4.69, 9.17) is 21.1 Å². The number of halogens is 1. The van der Waals surface area contributed by atoms with Crippen LogP contribution in [0.4, 0.5) is 5.69 Å². The highest BCUT2D eigenvalue weighted by atomic mass is 35.5. The first-order chi connectivity index (χ1) is 8.63. The number of hydrogen-bond donors (Lipinski definition) is 1. The second-order valence-corrected chi connectivity index (χ2v) is 4.06. The largest absolute Gasteiger partial charge is 0.377 e. The summed E-state index contributed by atoms with van der Waals surface area (Å²) in [6.45, 7) is 2.90. The molecule has 0 fully saturated rings. The van der Waals surface area contributed by atoms with Gasteiger partial charge in [-0.25, -0.2) is 4.68 Å². The lowest BCUT2D eigenvalue weighted by Crippen LogP contribution is -2.27. The Labute approximate surface area is 111 Å². The van der Waals surface area contributed by atoms with Gasteiger partial charge < -0.3 is 14.8 Å². The molecule has 7 heteroatoms. The van der Waals surface area contributed by atoms with E-state index in [1.54, 1.807) is 0 Å². The number of methoxy groups -OCH3 is 2. The van der Waals surface area contributed by atoms with Crippen molar-refractivity contribution in [3.63, 3.8) is 0 Å². The quantitative estimate of drug-likeness (QED) is 0.761. The van der Waals surface area contributed by atoms with E-state index < -0.39 is 6.29 Å². The van der Waals surface area contributed by atoms with Gasteiger partial charge in [-0.2, -0.15) is 5.10 Å². The van der Waals surface area contributed by atoms with Crippen molar-refractivity contribution >= 4 is 17.3 Å². The predicted molar refractivity (Wildman–Crippen MR) is 70.1 cm³/mol. The molecule has 0 aliphatic heterocycles. The Morgan fingerprint density at radius 1 is 1.50 bits per heavy atom. The number of aryl methyl sites for hydroxylation is 1. The summed E-state index contributed by atoms with van der Waals surface area (Å²) in [5, 5.41) is 7.13. The van der Waals surface area contributed by atoms with Gasteiger partial charge in [0.15, 0.2) is 6.29 Å². The Morgan fingerprint density at radius 3 is 2.72 bits per heavy atom. The molecule has 0 aliphatic rings. The second kappa shape index (κ2) is 7.35. The molecule has 0 unspecified atom stereocenters. The maximum absolute atomic E-state index is 11.8. The third-order valence-electron chi connectivity index (χ3n) is 2.41. The fourth-order valence-electron chi connectivity index (χ4n) is 1.42. The van der Waals surface area contributed by atoms with Gasteiger partial charge in [-0.1, -0.05) is 18.5 Å². The average Bonchev–Trinajstić information content (AvgIpc) is 2.38. The van der Waals surface area contributed by atoms with Crippen molar-refractivity contribution in [3.05, 3.63) is 21.6 Å². The lowest BCUT2D eigenvalue weighted by molar-refractivity contribution is -0.0914. The SMILES string of the molecule is CCCn1ncc(NCC(OC)OC)c(Cl)c1=O. The van der Waals surface area contributed by atoms with Crippen LogP contribution in [0.3, 0.4) is 0 Å². The van der Waals surface area contributed by atoms with Crippen LogP contribution < -0.4 is 10.9 Å². The van der Waals surface area contributed by atoms with Crippen molar-refractivity contribution in [3.8, 4) is 0 Å². The van der Waals surface area contributed by atoms with Crippen molar-refractivity contribution in [2.75, 3.05) is 26.1 Å². The summed E-state index contributed by atoms with van der Waals surface area (Å²) in [5.41, 5.74) is 0.183. The minimum atomic E-state index is -0.404. The molecule has 0 aliphatic carbocycles. The zero-order valence-corrected chi connectivity index (χ0v) is 11.5. The van der Waals surface area contributed by atoms with Crippen molar-refractivity contribution in [2.45, 2.75) is 26.2 Å². The van der Waals surface area contributed by atoms with Gasteiger partial charge in [0.1, 0.15) is 5.02 Å². The molecule has 0 aromatic carbocycles. The molecule has 0 saturated heterocycles. The van der Waals surface area contributed by atoms with Gasteiger partial charge >= 0.3 is 0 Å². The number of nitrogens with zero attached hydrogens (tertiary/aromatic N) is 2. The molecule has 0 radical (unpaired) electrons. The molecule has 0 spiro atoms. The topological polar surface area (TPSA) is 65.4 Å². The summed E-state index contributed by atoms with van der Waals surface area (Å²) < 4.78 is 11.4. The lowest BCUT2D eigenvalue weighted by Gasteiger charge is -2.15. The molecular weight excluding hydrogens is 258 g/mol. The van der Waals surface area contributed by atoms with Gasteiger partial charge in [-0.15, -0.1) is 0 Å². The Morgan fingerprint density at radius 2 is 2.17 bits per heavy atom. The van der Waals surface area contributed by atoms with Gasteiger partial charge in [0.2, 0.25) is 0 Å². The van der Waals surface area contributed by atoms with Gasteiger partial charge in [0, 0.05) is 20.8 Å². The fourth-order valence-corrected chi connectivity index (χ4v) is 1.63. The maximum atomic E-state index is 11.8. The van der Waals surface area contributed by atoms with E-state index in [2.05, 4.69) is 10.4 Å². The van der Waals surface area contributed by atoms with Crippen molar-refractivity contribution in [1.82, 2.24) is 9.78 Å². The third-order valence-corrected chi connectivity index (χ3v) is 2.77. The summed E-state index contributed by atoms with van der Waals surface area (Å²) in [6, 6.07) is 0. The van der Waals surface area contributed by atoms with Crippen LogP contribution in [0.25, 0.3) is 0 Å². The molecule has 1 heterocycles. The van der Waals surface area contributed by atoms with Crippen LogP contribution in [0, 0.1) is 0 Å². The van der Waals surface area contributed by atoms with Crippen LogP contribution >= 0.6 is 11.6 Å². The highest BCUT2D eigenvalue weighted by Gasteiger charge is 2.11. The molecule has 1 aromatic heterocycles. The fraction of sp³-hybridized carbons (Fsp3) is 0.636. The molecule has 6 nitrogen and oxygen atoms in total. The zero-order valence-electron chi connectivity index (χ0n) is 10.8. The van der Waals surface area contributed by atoms with E-state index >= 15 is 0 Å². The average molecular weight is 276 g/mol.